The minimum Gasteiger partial charge on any atom is -0.363 e. The van der Waals surface area contributed by atoms with Crippen molar-refractivity contribution in [3.05, 3.63) is 11.9 Å². The van der Waals surface area contributed by atoms with Gasteiger partial charge >= 0.3 is 0 Å². The van der Waals surface area contributed by atoms with Gasteiger partial charge in [0.2, 0.25) is 0 Å². The van der Waals surface area contributed by atoms with Crippen molar-refractivity contribution < 1.29 is 0 Å². The van der Waals surface area contributed by atoms with E-state index in [2.05, 4.69) is 42.3 Å². The zero-order valence-corrected chi connectivity index (χ0v) is 12.6. The summed E-state index contributed by atoms with van der Waals surface area (Å²) in [6.45, 7) is 9.08. The minimum atomic E-state index is 0.285. The summed E-state index contributed by atoms with van der Waals surface area (Å²) in [6.07, 6.45) is 5.97. The third-order valence-corrected chi connectivity index (χ3v) is 4.84. The maximum absolute atomic E-state index is 4.60. The van der Waals surface area contributed by atoms with Crippen molar-refractivity contribution in [2.24, 2.45) is 13.0 Å². The Morgan fingerprint density at radius 3 is 2.84 bits per heavy atom. The number of nitrogens with zero attached hydrogens (tertiary/aromatic N) is 3. The third kappa shape index (κ3) is 2.27. The molecule has 19 heavy (non-hydrogen) atoms. The van der Waals surface area contributed by atoms with Gasteiger partial charge in [0.25, 0.3) is 0 Å². The van der Waals surface area contributed by atoms with Crippen LogP contribution in [0.15, 0.2) is 6.20 Å². The molecule has 1 saturated heterocycles. The van der Waals surface area contributed by atoms with Crippen molar-refractivity contribution in [2.75, 3.05) is 18.0 Å². The van der Waals surface area contributed by atoms with Crippen LogP contribution < -0.4 is 10.2 Å². The Hall–Kier alpha value is -1.03. The second-order valence-electron chi connectivity index (χ2n) is 6.54. The molecule has 2 unspecified atom stereocenters. The Balaban J connectivity index is 1.88. The van der Waals surface area contributed by atoms with E-state index in [0.717, 1.165) is 25.4 Å². The predicted octanol–water partition coefficient (Wildman–Crippen LogP) is 1.95. The Morgan fingerprint density at radius 1 is 1.47 bits per heavy atom. The van der Waals surface area contributed by atoms with E-state index >= 15 is 0 Å². The number of aryl methyl sites for hydroxylation is 2. The molecular weight excluding hydrogens is 236 g/mol. The first kappa shape index (κ1) is 13.0. The van der Waals surface area contributed by atoms with E-state index in [9.17, 15) is 0 Å². The van der Waals surface area contributed by atoms with Gasteiger partial charge in [0.15, 0.2) is 0 Å². The molecular formula is C15H26N4. The highest BCUT2D eigenvalue weighted by atomic mass is 15.3. The fraction of sp³-hybridized carbons (Fsp3) is 0.800. The van der Waals surface area contributed by atoms with Crippen LogP contribution in [0.25, 0.3) is 0 Å². The van der Waals surface area contributed by atoms with E-state index < -0.39 is 0 Å². The molecule has 2 fully saturated rings. The van der Waals surface area contributed by atoms with Crippen molar-refractivity contribution in [2.45, 2.75) is 51.6 Å². The summed E-state index contributed by atoms with van der Waals surface area (Å²) in [5.74, 6) is 0.865. The van der Waals surface area contributed by atoms with Crippen LogP contribution in [-0.2, 0) is 13.5 Å². The maximum atomic E-state index is 4.60. The van der Waals surface area contributed by atoms with Crippen LogP contribution in [0, 0.1) is 5.92 Å². The van der Waals surface area contributed by atoms with Gasteiger partial charge in [0, 0.05) is 37.9 Å². The van der Waals surface area contributed by atoms with Gasteiger partial charge in [-0.2, -0.15) is 5.10 Å². The molecule has 0 amide bonds. The SMILES string of the molecule is CCc1nn(C)cc1N1CC(C)(C2CC2)NCC1C. The van der Waals surface area contributed by atoms with E-state index in [1.807, 2.05) is 11.7 Å². The van der Waals surface area contributed by atoms with Gasteiger partial charge in [-0.1, -0.05) is 6.92 Å². The molecule has 1 aromatic rings. The molecule has 1 aliphatic carbocycles. The number of hydrogen-bond acceptors (Lipinski definition) is 3. The van der Waals surface area contributed by atoms with E-state index in [1.165, 1.54) is 24.2 Å². The zero-order valence-electron chi connectivity index (χ0n) is 12.6. The first-order valence-corrected chi connectivity index (χ1v) is 7.57. The highest BCUT2D eigenvalue weighted by Crippen LogP contribution is 2.42. The van der Waals surface area contributed by atoms with Crippen LogP contribution in [0.2, 0.25) is 0 Å². The van der Waals surface area contributed by atoms with E-state index in [-0.39, 0.29) is 5.54 Å². The number of rotatable bonds is 3. The summed E-state index contributed by atoms with van der Waals surface area (Å²) in [5, 5.41) is 8.38. The van der Waals surface area contributed by atoms with Gasteiger partial charge in [-0.15, -0.1) is 0 Å². The summed E-state index contributed by atoms with van der Waals surface area (Å²) in [6, 6.07) is 0.543. The molecule has 2 aliphatic rings. The smallest absolute Gasteiger partial charge is 0.0855 e. The highest BCUT2D eigenvalue weighted by Gasteiger charge is 2.45. The van der Waals surface area contributed by atoms with Gasteiger partial charge in [0.05, 0.1) is 11.4 Å². The van der Waals surface area contributed by atoms with Crippen molar-refractivity contribution in [3.63, 3.8) is 0 Å². The minimum absolute atomic E-state index is 0.285. The molecule has 1 saturated carbocycles. The molecule has 0 bridgehead atoms. The molecule has 3 rings (SSSR count). The van der Waals surface area contributed by atoms with Crippen molar-refractivity contribution in [1.82, 2.24) is 15.1 Å². The third-order valence-electron chi connectivity index (χ3n) is 4.84. The fourth-order valence-corrected chi connectivity index (χ4v) is 3.39. The Kier molecular flexibility index (Phi) is 3.08. The molecule has 106 valence electrons. The molecule has 2 atom stereocenters. The van der Waals surface area contributed by atoms with Gasteiger partial charge in [-0.3, -0.25) is 4.68 Å². The standard InChI is InChI=1S/C15H26N4/c1-5-13-14(9-18(4)17-13)19-10-15(3,12-6-7-12)16-8-11(19)2/h9,11-12,16H,5-8,10H2,1-4H3. The van der Waals surface area contributed by atoms with Crippen molar-refractivity contribution in [3.8, 4) is 0 Å². The molecule has 1 aliphatic heterocycles. The Labute approximate surface area is 116 Å². The van der Waals surface area contributed by atoms with Gasteiger partial charge < -0.3 is 10.2 Å². The summed E-state index contributed by atoms with van der Waals surface area (Å²) >= 11 is 0. The van der Waals surface area contributed by atoms with Crippen molar-refractivity contribution >= 4 is 5.69 Å². The molecule has 4 heteroatoms. The Morgan fingerprint density at radius 2 is 2.21 bits per heavy atom. The number of nitrogens with one attached hydrogen (secondary N) is 1. The second-order valence-corrected chi connectivity index (χ2v) is 6.54. The summed E-state index contributed by atoms with van der Waals surface area (Å²) in [4.78, 5) is 2.57. The molecule has 4 nitrogen and oxygen atoms in total. The first-order chi connectivity index (χ1) is 9.03. The van der Waals surface area contributed by atoms with Gasteiger partial charge in [0.1, 0.15) is 0 Å². The van der Waals surface area contributed by atoms with E-state index in [0.29, 0.717) is 6.04 Å². The zero-order chi connectivity index (χ0) is 13.6. The second kappa shape index (κ2) is 4.51. The lowest BCUT2D eigenvalue weighted by molar-refractivity contribution is 0.260. The van der Waals surface area contributed by atoms with Gasteiger partial charge in [-0.25, -0.2) is 0 Å². The number of anilines is 1. The van der Waals surface area contributed by atoms with Crippen LogP contribution in [0.4, 0.5) is 5.69 Å². The highest BCUT2D eigenvalue weighted by molar-refractivity contribution is 5.51. The van der Waals surface area contributed by atoms with E-state index in [4.69, 9.17) is 0 Å². The van der Waals surface area contributed by atoms with Gasteiger partial charge in [-0.05, 0) is 39.0 Å². The monoisotopic (exact) mass is 262 g/mol. The molecule has 2 heterocycles. The van der Waals surface area contributed by atoms with Crippen LogP contribution in [0.3, 0.4) is 0 Å². The summed E-state index contributed by atoms with van der Waals surface area (Å²) in [7, 11) is 2.02. The van der Waals surface area contributed by atoms with Crippen LogP contribution in [0.1, 0.15) is 39.3 Å². The molecule has 0 radical (unpaired) electrons. The van der Waals surface area contributed by atoms with Crippen LogP contribution >= 0.6 is 0 Å². The maximum Gasteiger partial charge on any atom is 0.0855 e. The molecule has 0 spiro atoms. The molecule has 0 aromatic carbocycles. The predicted molar refractivity (Wildman–Crippen MR) is 78.5 cm³/mol. The topological polar surface area (TPSA) is 33.1 Å². The summed E-state index contributed by atoms with van der Waals surface area (Å²) < 4.78 is 1.96. The first-order valence-electron chi connectivity index (χ1n) is 7.57. The lowest BCUT2D eigenvalue weighted by atomic mass is 9.91. The van der Waals surface area contributed by atoms with E-state index in [1.54, 1.807) is 0 Å². The lowest BCUT2D eigenvalue weighted by Crippen LogP contribution is -2.63. The average molecular weight is 262 g/mol. The van der Waals surface area contributed by atoms with Crippen LogP contribution in [0.5, 0.6) is 0 Å². The summed E-state index contributed by atoms with van der Waals surface area (Å²) in [5.41, 5.74) is 2.85. The quantitative estimate of drug-likeness (QED) is 0.904. The molecule has 1 N–H and O–H groups in total. The lowest BCUT2D eigenvalue weighted by Gasteiger charge is -2.46. The largest absolute Gasteiger partial charge is 0.363 e. The number of piperazine rings is 1. The Bertz CT molecular complexity index is 463. The van der Waals surface area contributed by atoms with Crippen molar-refractivity contribution in [1.29, 1.82) is 0 Å². The fourth-order valence-electron chi connectivity index (χ4n) is 3.39. The molecule has 1 aromatic heterocycles. The number of hydrogen-bond donors (Lipinski definition) is 1. The van der Waals surface area contributed by atoms with Crippen LogP contribution in [-0.4, -0.2) is 34.5 Å². The average Bonchev–Trinajstić information content (AvgIpc) is 3.17. The normalized spacial score (nSPS) is 31.8. The number of aromatic nitrogens is 2.